The second kappa shape index (κ2) is 3.85. The first-order valence-electron chi connectivity index (χ1n) is 5.00. The average molecular weight is 228 g/mol. The maximum Gasteiger partial charge on any atom is 0.416 e. The van der Waals surface area contributed by atoms with Gasteiger partial charge in [0.15, 0.2) is 0 Å². The molecule has 0 radical (unpaired) electrons. The minimum Gasteiger partial charge on any atom is -0.462 e. The lowest BCUT2D eigenvalue weighted by Gasteiger charge is -2.08. The van der Waals surface area contributed by atoms with Gasteiger partial charge in [-0.3, -0.25) is 0 Å². The van der Waals surface area contributed by atoms with Crippen molar-refractivity contribution in [3.8, 4) is 5.75 Å². The molecule has 0 aliphatic heterocycles. The lowest BCUT2D eigenvalue weighted by atomic mass is 10.2. The monoisotopic (exact) mass is 228 g/mol. The van der Waals surface area contributed by atoms with E-state index < -0.39 is 11.7 Å². The third-order valence-electron chi connectivity index (χ3n) is 2.45. The molecule has 1 aromatic carbocycles. The molecule has 0 spiro atoms. The van der Waals surface area contributed by atoms with Gasteiger partial charge in [-0.25, -0.2) is 0 Å². The summed E-state index contributed by atoms with van der Waals surface area (Å²) in [5.74, 6) is 1.25. The van der Waals surface area contributed by atoms with E-state index in [4.69, 9.17) is 4.74 Å². The standard InChI is InChI=1S/C12H11F3O/c1-8(9-2-3-9)16-11-6-4-10(5-7-11)12(13,14)15/h4-7H,2-3H2,1H3. The van der Waals surface area contributed by atoms with E-state index in [1.54, 1.807) is 0 Å². The summed E-state index contributed by atoms with van der Waals surface area (Å²) in [4.78, 5) is 0. The zero-order valence-electron chi connectivity index (χ0n) is 8.77. The summed E-state index contributed by atoms with van der Waals surface area (Å²) in [6, 6.07) is 4.74. The van der Waals surface area contributed by atoms with E-state index in [0.717, 1.165) is 30.7 Å². The summed E-state index contributed by atoms with van der Waals surface area (Å²) in [7, 11) is 0. The van der Waals surface area contributed by atoms with Crippen LogP contribution >= 0.6 is 0 Å². The van der Waals surface area contributed by atoms with E-state index in [9.17, 15) is 13.2 Å². The fourth-order valence-electron chi connectivity index (χ4n) is 1.38. The van der Waals surface area contributed by atoms with Crippen molar-refractivity contribution in [2.45, 2.75) is 25.9 Å². The Kier molecular flexibility index (Phi) is 2.66. The molecule has 0 heterocycles. The number of halogens is 3. The molecule has 0 saturated heterocycles. The van der Waals surface area contributed by atoms with E-state index >= 15 is 0 Å². The Balaban J connectivity index is 2.11. The highest BCUT2D eigenvalue weighted by Gasteiger charge is 2.30. The zero-order chi connectivity index (χ0) is 11.8. The fourth-order valence-corrected chi connectivity index (χ4v) is 1.38. The van der Waals surface area contributed by atoms with Gasteiger partial charge in [-0.15, -0.1) is 0 Å². The number of hydrogen-bond acceptors (Lipinski definition) is 1. The Hall–Kier alpha value is -1.45. The Morgan fingerprint density at radius 2 is 1.69 bits per heavy atom. The molecular formula is C12H11F3O. The van der Waals surface area contributed by atoms with Gasteiger partial charge in [-0.05, 0) is 49.6 Å². The first-order valence-corrected chi connectivity index (χ1v) is 5.00. The van der Waals surface area contributed by atoms with Gasteiger partial charge in [0, 0.05) is 0 Å². The van der Waals surface area contributed by atoms with Gasteiger partial charge in [0.1, 0.15) is 11.5 Å². The van der Waals surface area contributed by atoms with Crippen LogP contribution in [0.25, 0.3) is 0 Å². The second-order valence-corrected chi connectivity index (χ2v) is 3.78. The van der Waals surface area contributed by atoms with Crippen LogP contribution in [0.5, 0.6) is 5.75 Å². The van der Waals surface area contributed by atoms with Crippen LogP contribution in [0.4, 0.5) is 13.2 Å². The minimum atomic E-state index is -4.29. The predicted molar refractivity (Wildman–Crippen MR) is 54.0 cm³/mol. The summed E-state index contributed by atoms with van der Waals surface area (Å²) in [5, 5.41) is 0. The first-order chi connectivity index (χ1) is 7.47. The predicted octanol–water partition coefficient (Wildman–Crippen LogP) is 4.15. The second-order valence-electron chi connectivity index (χ2n) is 3.78. The number of benzene rings is 1. The maximum absolute atomic E-state index is 12.3. The topological polar surface area (TPSA) is 9.23 Å². The van der Waals surface area contributed by atoms with Gasteiger partial charge in [0.25, 0.3) is 0 Å². The molecule has 0 aromatic heterocycles. The molecular weight excluding hydrogens is 217 g/mol. The molecule has 2 rings (SSSR count). The van der Waals surface area contributed by atoms with E-state index in [2.05, 4.69) is 0 Å². The highest BCUT2D eigenvalue weighted by Crippen LogP contribution is 2.34. The molecule has 86 valence electrons. The highest BCUT2D eigenvalue weighted by molar-refractivity contribution is 5.31. The number of allylic oxidation sites excluding steroid dienone is 2. The van der Waals surface area contributed by atoms with Crippen LogP contribution in [0.15, 0.2) is 35.6 Å². The van der Waals surface area contributed by atoms with Crippen molar-refractivity contribution >= 4 is 0 Å². The molecule has 1 fully saturated rings. The lowest BCUT2D eigenvalue weighted by Crippen LogP contribution is -2.04. The summed E-state index contributed by atoms with van der Waals surface area (Å²) in [6.45, 7) is 1.83. The summed E-state index contributed by atoms with van der Waals surface area (Å²) >= 11 is 0. The zero-order valence-corrected chi connectivity index (χ0v) is 8.77. The van der Waals surface area contributed by atoms with Crippen LogP contribution in [0.1, 0.15) is 25.3 Å². The average Bonchev–Trinajstić information content (AvgIpc) is 3.00. The van der Waals surface area contributed by atoms with Crippen molar-refractivity contribution in [3.05, 3.63) is 41.2 Å². The van der Waals surface area contributed by atoms with Crippen molar-refractivity contribution < 1.29 is 17.9 Å². The highest BCUT2D eigenvalue weighted by atomic mass is 19.4. The molecule has 0 amide bonds. The number of rotatable bonds is 2. The van der Waals surface area contributed by atoms with Gasteiger partial charge in [0.2, 0.25) is 0 Å². The molecule has 0 bridgehead atoms. The van der Waals surface area contributed by atoms with Gasteiger partial charge in [0.05, 0.1) is 5.56 Å². The molecule has 0 N–H and O–H groups in total. The maximum atomic E-state index is 12.3. The lowest BCUT2D eigenvalue weighted by molar-refractivity contribution is -0.137. The molecule has 1 aromatic rings. The van der Waals surface area contributed by atoms with Crippen LogP contribution in [-0.2, 0) is 6.18 Å². The molecule has 16 heavy (non-hydrogen) atoms. The van der Waals surface area contributed by atoms with E-state index in [0.29, 0.717) is 5.75 Å². The first kappa shape index (κ1) is 11.0. The molecule has 1 aliphatic carbocycles. The Morgan fingerprint density at radius 1 is 1.12 bits per heavy atom. The largest absolute Gasteiger partial charge is 0.462 e. The molecule has 0 unspecified atom stereocenters. The van der Waals surface area contributed by atoms with Crippen molar-refractivity contribution in [1.82, 2.24) is 0 Å². The SMILES string of the molecule is CC(Oc1ccc(C(F)(F)F)cc1)=C1CC1. The summed E-state index contributed by atoms with van der Waals surface area (Å²) in [5.41, 5.74) is 0.580. The number of hydrogen-bond donors (Lipinski definition) is 0. The van der Waals surface area contributed by atoms with Gasteiger partial charge >= 0.3 is 6.18 Å². The van der Waals surface area contributed by atoms with Crippen LogP contribution in [0.3, 0.4) is 0 Å². The van der Waals surface area contributed by atoms with Crippen molar-refractivity contribution in [2.24, 2.45) is 0 Å². The van der Waals surface area contributed by atoms with Crippen molar-refractivity contribution in [3.63, 3.8) is 0 Å². The Morgan fingerprint density at radius 3 is 2.12 bits per heavy atom. The van der Waals surface area contributed by atoms with E-state index in [1.807, 2.05) is 6.92 Å². The molecule has 1 nitrogen and oxygen atoms in total. The molecule has 4 heteroatoms. The Labute approximate surface area is 91.5 Å². The van der Waals surface area contributed by atoms with Crippen molar-refractivity contribution in [1.29, 1.82) is 0 Å². The Bertz CT molecular complexity index is 409. The summed E-state index contributed by atoms with van der Waals surface area (Å²) in [6.07, 6.45) is -2.22. The van der Waals surface area contributed by atoms with Gasteiger partial charge < -0.3 is 4.74 Å². The van der Waals surface area contributed by atoms with Crippen LogP contribution < -0.4 is 4.74 Å². The smallest absolute Gasteiger partial charge is 0.416 e. The molecule has 1 aliphatic rings. The quantitative estimate of drug-likeness (QED) is 0.691. The third kappa shape index (κ3) is 2.56. The number of ether oxygens (including phenoxy) is 1. The van der Waals surface area contributed by atoms with Crippen LogP contribution in [-0.4, -0.2) is 0 Å². The van der Waals surface area contributed by atoms with Crippen LogP contribution in [0.2, 0.25) is 0 Å². The molecule has 0 atom stereocenters. The van der Waals surface area contributed by atoms with E-state index in [1.165, 1.54) is 17.7 Å². The number of alkyl halides is 3. The van der Waals surface area contributed by atoms with Crippen LogP contribution in [0, 0.1) is 0 Å². The van der Waals surface area contributed by atoms with Gasteiger partial charge in [-0.1, -0.05) is 0 Å². The normalized spacial score (nSPS) is 14.9. The third-order valence-corrected chi connectivity index (χ3v) is 2.45. The van der Waals surface area contributed by atoms with Gasteiger partial charge in [-0.2, -0.15) is 13.2 Å². The fraction of sp³-hybridized carbons (Fsp3) is 0.333. The summed E-state index contributed by atoms with van der Waals surface area (Å²) < 4.78 is 42.2. The molecule has 1 saturated carbocycles. The van der Waals surface area contributed by atoms with E-state index in [-0.39, 0.29) is 0 Å². The minimum absolute atomic E-state index is 0.449. The van der Waals surface area contributed by atoms with Crippen molar-refractivity contribution in [2.75, 3.05) is 0 Å².